The van der Waals surface area contributed by atoms with Crippen LogP contribution in [0.2, 0.25) is 0 Å². The van der Waals surface area contributed by atoms with Crippen molar-refractivity contribution in [1.29, 1.82) is 0 Å². The molecule has 0 unspecified atom stereocenters. The van der Waals surface area contributed by atoms with Crippen LogP contribution in [0.15, 0.2) is 12.4 Å². The van der Waals surface area contributed by atoms with Crippen LogP contribution in [0, 0.1) is 0 Å². The zero-order valence-corrected chi connectivity index (χ0v) is 10.2. The maximum atomic E-state index is 12.0. The van der Waals surface area contributed by atoms with Crippen molar-refractivity contribution in [3.63, 3.8) is 0 Å². The predicted molar refractivity (Wildman–Crippen MR) is 65.3 cm³/mol. The lowest BCUT2D eigenvalue weighted by Gasteiger charge is -2.31. The number of amides is 1. The molecule has 18 heavy (non-hydrogen) atoms. The molecule has 2 heterocycles. The lowest BCUT2D eigenvalue weighted by Crippen LogP contribution is -2.47. The first-order valence-corrected chi connectivity index (χ1v) is 5.74. The number of hydrogen-bond acceptors (Lipinski definition) is 6. The molecule has 1 saturated heterocycles. The summed E-state index contributed by atoms with van der Waals surface area (Å²) in [4.78, 5) is 23.6. The van der Waals surface area contributed by atoms with E-state index in [0.29, 0.717) is 13.1 Å². The van der Waals surface area contributed by atoms with Gasteiger partial charge in [0.25, 0.3) is 5.91 Å². The van der Waals surface area contributed by atoms with Gasteiger partial charge >= 0.3 is 7.12 Å². The maximum absolute atomic E-state index is 12.0. The molecule has 0 bridgehead atoms. The van der Waals surface area contributed by atoms with Crippen molar-refractivity contribution in [2.24, 2.45) is 0 Å². The Balaban J connectivity index is 2.04. The van der Waals surface area contributed by atoms with E-state index in [2.05, 4.69) is 14.9 Å². The average Bonchev–Trinajstić information content (AvgIpc) is 2.39. The quantitative estimate of drug-likeness (QED) is 0.566. The first-order valence-electron chi connectivity index (χ1n) is 5.74. The number of carbonyl (C=O) groups excluding carboxylic acids is 1. The van der Waals surface area contributed by atoms with Gasteiger partial charge in [0.2, 0.25) is 5.82 Å². The van der Waals surface area contributed by atoms with Crippen molar-refractivity contribution in [2.75, 3.05) is 33.2 Å². The highest BCUT2D eigenvalue weighted by Crippen LogP contribution is 2.03. The van der Waals surface area contributed by atoms with Gasteiger partial charge in [0.15, 0.2) is 0 Å². The van der Waals surface area contributed by atoms with E-state index in [9.17, 15) is 4.79 Å². The summed E-state index contributed by atoms with van der Waals surface area (Å²) in [5.74, 6) is -0.133. The SMILES string of the molecule is CN1CCN(C(=O)c2ncc(B(O)O)cn2)CC1. The number of rotatable bonds is 2. The molecular formula is C10H15BN4O3. The zero-order chi connectivity index (χ0) is 13.1. The summed E-state index contributed by atoms with van der Waals surface area (Å²) >= 11 is 0. The van der Waals surface area contributed by atoms with Gasteiger partial charge < -0.3 is 19.8 Å². The summed E-state index contributed by atoms with van der Waals surface area (Å²) in [6.45, 7) is 2.98. The number of aromatic nitrogens is 2. The van der Waals surface area contributed by atoms with Crippen LogP contribution in [0.5, 0.6) is 0 Å². The largest absolute Gasteiger partial charge is 0.491 e. The van der Waals surface area contributed by atoms with E-state index in [4.69, 9.17) is 10.0 Å². The Labute approximate surface area is 105 Å². The van der Waals surface area contributed by atoms with E-state index in [1.54, 1.807) is 4.90 Å². The third kappa shape index (κ3) is 2.84. The minimum absolute atomic E-state index is 0.0870. The number of piperazine rings is 1. The van der Waals surface area contributed by atoms with Gasteiger partial charge in [0.1, 0.15) is 0 Å². The van der Waals surface area contributed by atoms with E-state index < -0.39 is 7.12 Å². The van der Waals surface area contributed by atoms with Gasteiger partial charge in [0, 0.05) is 44.0 Å². The average molecular weight is 250 g/mol. The van der Waals surface area contributed by atoms with Crippen LogP contribution in [-0.4, -0.2) is 76.1 Å². The van der Waals surface area contributed by atoms with Crippen molar-refractivity contribution in [3.8, 4) is 0 Å². The van der Waals surface area contributed by atoms with Gasteiger partial charge in [-0.25, -0.2) is 9.97 Å². The third-order valence-corrected chi connectivity index (χ3v) is 2.95. The minimum atomic E-state index is -1.61. The lowest BCUT2D eigenvalue weighted by atomic mass is 9.83. The van der Waals surface area contributed by atoms with E-state index in [1.807, 2.05) is 7.05 Å². The Hall–Kier alpha value is -1.51. The van der Waals surface area contributed by atoms with Gasteiger partial charge in [-0.1, -0.05) is 0 Å². The summed E-state index contributed by atoms with van der Waals surface area (Å²) in [6.07, 6.45) is 2.50. The van der Waals surface area contributed by atoms with Crippen LogP contribution < -0.4 is 5.46 Å². The van der Waals surface area contributed by atoms with Gasteiger partial charge in [-0.3, -0.25) is 4.79 Å². The monoisotopic (exact) mass is 250 g/mol. The number of likely N-dealkylation sites (N-methyl/N-ethyl adjacent to an activating group) is 1. The van der Waals surface area contributed by atoms with E-state index in [0.717, 1.165) is 13.1 Å². The molecule has 0 spiro atoms. The second kappa shape index (κ2) is 5.43. The summed E-state index contributed by atoms with van der Waals surface area (Å²) in [6, 6.07) is 0. The number of nitrogens with zero attached hydrogens (tertiary/aromatic N) is 4. The van der Waals surface area contributed by atoms with Crippen LogP contribution >= 0.6 is 0 Å². The second-order valence-electron chi connectivity index (χ2n) is 4.31. The molecule has 0 aromatic carbocycles. The van der Waals surface area contributed by atoms with Crippen LogP contribution in [0.4, 0.5) is 0 Å². The lowest BCUT2D eigenvalue weighted by molar-refractivity contribution is 0.0652. The highest BCUT2D eigenvalue weighted by molar-refractivity contribution is 6.58. The number of hydrogen-bond donors (Lipinski definition) is 2. The molecule has 7 nitrogen and oxygen atoms in total. The Morgan fingerprint density at radius 2 is 1.78 bits per heavy atom. The zero-order valence-electron chi connectivity index (χ0n) is 10.2. The van der Waals surface area contributed by atoms with E-state index in [1.165, 1.54) is 12.4 Å². The fraction of sp³-hybridized carbons (Fsp3) is 0.500. The van der Waals surface area contributed by atoms with Gasteiger partial charge in [-0.2, -0.15) is 0 Å². The minimum Gasteiger partial charge on any atom is -0.423 e. The summed E-state index contributed by atoms with van der Waals surface area (Å²) in [5.41, 5.74) is 0.171. The van der Waals surface area contributed by atoms with Crippen molar-refractivity contribution >= 4 is 18.5 Å². The smallest absolute Gasteiger partial charge is 0.423 e. The van der Waals surface area contributed by atoms with Crippen molar-refractivity contribution in [3.05, 3.63) is 18.2 Å². The molecule has 1 amide bonds. The normalized spacial score (nSPS) is 16.7. The Morgan fingerprint density at radius 1 is 1.22 bits per heavy atom. The van der Waals surface area contributed by atoms with E-state index >= 15 is 0 Å². The van der Waals surface area contributed by atoms with Crippen LogP contribution in [0.3, 0.4) is 0 Å². The van der Waals surface area contributed by atoms with Crippen molar-refractivity contribution in [2.45, 2.75) is 0 Å². The molecular weight excluding hydrogens is 235 g/mol. The standard InChI is InChI=1S/C10H15BN4O3/c1-14-2-4-15(5-3-14)10(16)9-12-6-8(7-13-9)11(17)18/h6-7,17-18H,2-5H2,1H3. The van der Waals surface area contributed by atoms with Crippen molar-refractivity contribution in [1.82, 2.24) is 19.8 Å². The molecule has 2 rings (SSSR count). The van der Waals surface area contributed by atoms with Gasteiger partial charge in [-0.05, 0) is 7.05 Å². The molecule has 1 aromatic rings. The van der Waals surface area contributed by atoms with Crippen molar-refractivity contribution < 1.29 is 14.8 Å². The third-order valence-electron chi connectivity index (χ3n) is 2.95. The molecule has 96 valence electrons. The fourth-order valence-electron chi connectivity index (χ4n) is 1.73. The molecule has 0 atom stereocenters. The molecule has 0 radical (unpaired) electrons. The molecule has 2 N–H and O–H groups in total. The molecule has 0 aliphatic carbocycles. The molecule has 0 saturated carbocycles. The van der Waals surface area contributed by atoms with E-state index in [-0.39, 0.29) is 17.2 Å². The van der Waals surface area contributed by atoms with Crippen LogP contribution in [-0.2, 0) is 0 Å². The maximum Gasteiger partial charge on any atom is 0.491 e. The molecule has 1 aliphatic rings. The Bertz CT molecular complexity index is 418. The van der Waals surface area contributed by atoms with Crippen LogP contribution in [0.25, 0.3) is 0 Å². The predicted octanol–water partition coefficient (Wildman–Crippen LogP) is -2.46. The number of carbonyl (C=O) groups is 1. The summed E-state index contributed by atoms with van der Waals surface area (Å²) in [7, 11) is 0.397. The summed E-state index contributed by atoms with van der Waals surface area (Å²) in [5, 5.41) is 17.8. The molecule has 1 aromatic heterocycles. The van der Waals surface area contributed by atoms with Gasteiger partial charge in [-0.15, -0.1) is 0 Å². The van der Waals surface area contributed by atoms with Gasteiger partial charge in [0.05, 0.1) is 0 Å². The molecule has 1 fully saturated rings. The molecule has 1 aliphatic heterocycles. The van der Waals surface area contributed by atoms with Crippen LogP contribution in [0.1, 0.15) is 10.6 Å². The first-order chi connectivity index (χ1) is 8.58. The molecule has 8 heteroatoms. The highest BCUT2D eigenvalue weighted by atomic mass is 16.4. The fourth-order valence-corrected chi connectivity index (χ4v) is 1.73. The Kier molecular flexibility index (Phi) is 3.90. The Morgan fingerprint density at radius 3 is 2.28 bits per heavy atom. The first kappa shape index (κ1) is 12.9. The summed E-state index contributed by atoms with van der Waals surface area (Å²) < 4.78 is 0. The highest BCUT2D eigenvalue weighted by Gasteiger charge is 2.22. The topological polar surface area (TPSA) is 89.8 Å². The second-order valence-corrected chi connectivity index (χ2v) is 4.31.